The molecule has 0 amide bonds. The van der Waals surface area contributed by atoms with Crippen molar-refractivity contribution in [3.63, 3.8) is 0 Å². The number of hydrogen-bond donors (Lipinski definition) is 0. The quantitative estimate of drug-likeness (QED) is 0.148. The lowest BCUT2D eigenvalue weighted by Crippen LogP contribution is -2.10. The first-order valence-electron chi connectivity index (χ1n) is 23.2. The summed E-state index contributed by atoms with van der Waals surface area (Å²) in [5.41, 5.74) is 5.18. The van der Waals surface area contributed by atoms with E-state index in [9.17, 15) is 10.5 Å². The Morgan fingerprint density at radius 1 is 0.338 bits per heavy atom. The monoisotopic (exact) mass is 977 g/mol. The molecular formula is C61H33F6N7. The number of rotatable bonds is 7. The minimum atomic E-state index is -4.83. The zero-order chi connectivity index (χ0) is 50.9. The summed E-state index contributed by atoms with van der Waals surface area (Å²) in [6.07, 6.45) is -9.66. The van der Waals surface area contributed by atoms with Crippen molar-refractivity contribution in [2.24, 2.45) is 0 Å². The summed E-state index contributed by atoms with van der Waals surface area (Å²) in [6, 6.07) is 60.2. The Morgan fingerprint density at radius 3 is 1.18 bits per heavy atom. The maximum atomic E-state index is 15.0. The van der Waals surface area contributed by atoms with Gasteiger partial charge in [0.25, 0.3) is 0 Å². The van der Waals surface area contributed by atoms with Crippen LogP contribution in [-0.4, -0.2) is 24.1 Å². The molecule has 0 spiro atoms. The van der Waals surface area contributed by atoms with E-state index >= 15 is 26.3 Å². The number of aromatic nitrogens is 5. The molecular weight excluding hydrogens is 945 g/mol. The number of nitriles is 2. The maximum Gasteiger partial charge on any atom is 0.416 e. The summed E-state index contributed by atoms with van der Waals surface area (Å²) >= 11 is 0. The highest BCUT2D eigenvalue weighted by atomic mass is 19.4. The van der Waals surface area contributed by atoms with Crippen LogP contribution in [0.1, 0.15) is 22.3 Å². The fourth-order valence-electron chi connectivity index (χ4n) is 9.86. The van der Waals surface area contributed by atoms with Crippen LogP contribution < -0.4 is 0 Å². The first-order valence-corrected chi connectivity index (χ1v) is 23.2. The van der Waals surface area contributed by atoms with Crippen LogP contribution >= 0.6 is 0 Å². The molecule has 0 bridgehead atoms. The third-order valence-corrected chi connectivity index (χ3v) is 13.3. The normalized spacial score (nSPS) is 11.9. The van der Waals surface area contributed by atoms with Crippen molar-refractivity contribution in [1.29, 1.82) is 10.5 Å². The summed E-state index contributed by atoms with van der Waals surface area (Å²) in [5, 5.41) is 22.6. The van der Waals surface area contributed by atoms with Gasteiger partial charge in [0.15, 0.2) is 17.5 Å². The molecule has 12 rings (SSSR count). The molecule has 354 valence electrons. The van der Waals surface area contributed by atoms with Crippen LogP contribution in [0.3, 0.4) is 0 Å². The molecule has 9 aromatic carbocycles. The fraction of sp³-hybridized carbons (Fsp3) is 0.0328. The topological polar surface area (TPSA) is 96.1 Å². The van der Waals surface area contributed by atoms with Gasteiger partial charge in [-0.2, -0.15) is 36.9 Å². The Bertz CT molecular complexity index is 4070. The average molecular weight is 978 g/mol. The summed E-state index contributed by atoms with van der Waals surface area (Å²) < 4.78 is 93.9. The Labute approximate surface area is 417 Å². The van der Waals surface area contributed by atoms with E-state index in [4.69, 9.17) is 15.0 Å². The molecule has 0 atom stereocenters. The highest BCUT2D eigenvalue weighted by Crippen LogP contribution is 2.44. The predicted octanol–water partition coefficient (Wildman–Crippen LogP) is 16.2. The minimum Gasteiger partial charge on any atom is -0.308 e. The molecule has 0 radical (unpaired) electrons. The van der Waals surface area contributed by atoms with E-state index in [2.05, 4.69) is 12.1 Å². The van der Waals surface area contributed by atoms with Gasteiger partial charge in [-0.3, -0.25) is 0 Å². The van der Waals surface area contributed by atoms with Gasteiger partial charge in [0.1, 0.15) is 0 Å². The van der Waals surface area contributed by atoms with Gasteiger partial charge in [-0.15, -0.1) is 0 Å². The second kappa shape index (κ2) is 17.5. The average Bonchev–Trinajstić information content (AvgIpc) is 3.94. The van der Waals surface area contributed by atoms with Crippen LogP contribution in [0.4, 0.5) is 26.3 Å². The van der Waals surface area contributed by atoms with Gasteiger partial charge >= 0.3 is 12.4 Å². The van der Waals surface area contributed by atoms with Gasteiger partial charge in [0.05, 0.1) is 67.8 Å². The third-order valence-electron chi connectivity index (χ3n) is 13.3. The summed E-state index contributed by atoms with van der Waals surface area (Å²) in [4.78, 5) is 14.7. The number of benzene rings is 9. The van der Waals surface area contributed by atoms with E-state index in [1.54, 1.807) is 66.7 Å². The van der Waals surface area contributed by atoms with Crippen LogP contribution in [0, 0.1) is 22.7 Å². The minimum absolute atomic E-state index is 0.00101. The van der Waals surface area contributed by atoms with Gasteiger partial charge in [0.2, 0.25) is 0 Å². The molecule has 0 aliphatic heterocycles. The van der Waals surface area contributed by atoms with E-state index in [0.29, 0.717) is 38.8 Å². The van der Waals surface area contributed by atoms with E-state index in [1.807, 2.05) is 106 Å². The third kappa shape index (κ3) is 7.84. The lowest BCUT2D eigenvalue weighted by molar-refractivity contribution is -0.138. The van der Waals surface area contributed by atoms with Crippen LogP contribution in [0.25, 0.3) is 111 Å². The number of alkyl halides is 6. The Kier molecular flexibility index (Phi) is 10.7. The highest BCUT2D eigenvalue weighted by molar-refractivity contribution is 6.12. The number of nitrogens with zero attached hydrogens (tertiary/aromatic N) is 7. The van der Waals surface area contributed by atoms with Crippen LogP contribution in [0.5, 0.6) is 0 Å². The number of halogens is 6. The molecule has 0 fully saturated rings. The van der Waals surface area contributed by atoms with Gasteiger partial charge in [-0.1, -0.05) is 115 Å². The number of para-hydroxylation sites is 2. The lowest BCUT2D eigenvalue weighted by Gasteiger charge is -2.19. The van der Waals surface area contributed by atoms with Crippen LogP contribution in [0.2, 0.25) is 0 Å². The molecule has 0 aliphatic carbocycles. The molecule has 0 saturated carbocycles. The van der Waals surface area contributed by atoms with E-state index in [0.717, 1.165) is 68.1 Å². The SMILES string of the molecule is N#Cc1cccc(-c2ccc3c4ccccc4n(-c4ccc(C(F)(F)F)cc4-c4nc(-c5ccccc5)nc(-c5cc(C(F)(F)F)ccc5-n5c6ccccc6c6ccc(-c7cccc(C#N)c7)cc65)n4)c3c2)c1. The summed E-state index contributed by atoms with van der Waals surface area (Å²) in [5.74, 6) is -0.464. The molecule has 74 heavy (non-hydrogen) atoms. The summed E-state index contributed by atoms with van der Waals surface area (Å²) in [6.45, 7) is 0. The molecule has 0 aliphatic rings. The van der Waals surface area contributed by atoms with Gasteiger partial charge in [0, 0.05) is 38.2 Å². The van der Waals surface area contributed by atoms with E-state index < -0.39 is 23.5 Å². The van der Waals surface area contributed by atoms with E-state index in [1.165, 1.54) is 12.1 Å². The van der Waals surface area contributed by atoms with Crippen molar-refractivity contribution in [3.05, 3.63) is 222 Å². The highest BCUT2D eigenvalue weighted by Gasteiger charge is 2.34. The lowest BCUT2D eigenvalue weighted by atomic mass is 10.0. The first kappa shape index (κ1) is 45.3. The zero-order valence-electron chi connectivity index (χ0n) is 38.5. The molecule has 0 saturated heterocycles. The van der Waals surface area contributed by atoms with Crippen molar-refractivity contribution in [2.45, 2.75) is 12.4 Å². The van der Waals surface area contributed by atoms with Gasteiger partial charge in [-0.25, -0.2) is 15.0 Å². The first-order chi connectivity index (χ1) is 35.8. The summed E-state index contributed by atoms with van der Waals surface area (Å²) in [7, 11) is 0. The van der Waals surface area contributed by atoms with Crippen molar-refractivity contribution in [2.75, 3.05) is 0 Å². The smallest absolute Gasteiger partial charge is 0.308 e. The Hall–Kier alpha value is -9.85. The predicted molar refractivity (Wildman–Crippen MR) is 275 cm³/mol. The van der Waals surface area contributed by atoms with Gasteiger partial charge in [-0.05, 0) is 107 Å². The van der Waals surface area contributed by atoms with Crippen LogP contribution in [-0.2, 0) is 12.4 Å². The molecule has 12 aromatic rings. The second-order valence-corrected chi connectivity index (χ2v) is 17.7. The molecule has 3 heterocycles. The molecule has 0 unspecified atom stereocenters. The standard InChI is InChI=1S/C61H33F6N7/c62-60(63,64)43-22-26-53(73-51-18-6-4-16-45(51)47-24-20-41(30-55(47)73)39-14-8-10-36(28-39)34-68)49(32-43)58-70-57(38-12-2-1-3-13-38)71-59(72-58)50-33-44(61(65,66)67)23-27-54(50)74-52-19-7-5-17-46(52)48-25-21-42(31-56(48)74)40-15-9-11-37(29-40)35-69/h1-33H. The van der Waals surface area contributed by atoms with Crippen molar-refractivity contribution in [3.8, 4) is 79.9 Å². The van der Waals surface area contributed by atoms with Crippen LogP contribution in [0.15, 0.2) is 200 Å². The Morgan fingerprint density at radius 2 is 0.730 bits per heavy atom. The Balaban J connectivity index is 1.16. The van der Waals surface area contributed by atoms with Gasteiger partial charge < -0.3 is 9.13 Å². The maximum absolute atomic E-state index is 15.0. The van der Waals surface area contributed by atoms with Crippen molar-refractivity contribution >= 4 is 43.6 Å². The zero-order valence-corrected chi connectivity index (χ0v) is 38.5. The number of fused-ring (bicyclic) bond motifs is 6. The van der Waals surface area contributed by atoms with E-state index in [-0.39, 0.29) is 40.0 Å². The molecule has 7 nitrogen and oxygen atoms in total. The largest absolute Gasteiger partial charge is 0.416 e. The molecule has 13 heteroatoms. The molecule has 0 N–H and O–H groups in total. The fourth-order valence-corrected chi connectivity index (χ4v) is 9.86. The number of hydrogen-bond acceptors (Lipinski definition) is 5. The second-order valence-electron chi connectivity index (χ2n) is 17.7. The molecule has 3 aromatic heterocycles. The van der Waals surface area contributed by atoms with Crippen molar-refractivity contribution in [1.82, 2.24) is 24.1 Å². The van der Waals surface area contributed by atoms with Crippen molar-refractivity contribution < 1.29 is 26.3 Å².